The summed E-state index contributed by atoms with van der Waals surface area (Å²) in [5.74, 6) is -3.37. The van der Waals surface area contributed by atoms with Crippen molar-refractivity contribution in [2.45, 2.75) is 55.5 Å². The Balaban J connectivity index is 1.22. The van der Waals surface area contributed by atoms with Crippen molar-refractivity contribution in [2.75, 3.05) is 18.9 Å². The van der Waals surface area contributed by atoms with E-state index in [-0.39, 0.29) is 23.4 Å². The Bertz CT molecular complexity index is 1880. The molecule has 51 heavy (non-hydrogen) atoms. The van der Waals surface area contributed by atoms with Crippen molar-refractivity contribution in [3.05, 3.63) is 36.2 Å². The van der Waals surface area contributed by atoms with Crippen LogP contribution < -0.4 is 5.73 Å². The molecule has 5 rings (SSSR count). The summed E-state index contributed by atoms with van der Waals surface area (Å²) in [4.78, 5) is 74.8. The van der Waals surface area contributed by atoms with Gasteiger partial charge in [-0.1, -0.05) is 6.08 Å². The highest BCUT2D eigenvalue weighted by Gasteiger charge is 2.51. The van der Waals surface area contributed by atoms with Crippen LogP contribution in [0.3, 0.4) is 0 Å². The number of nitrogens with two attached hydrogens (primary N) is 1. The minimum atomic E-state index is -5.61. The number of phosphoric ester groups is 3. The number of carboxylic acid groups (broad SMARTS) is 2. The number of carbonyl (C=O) groups is 2. The average molecular weight is 790 g/mol. The molecule has 26 nitrogen and oxygen atoms in total. The second kappa shape index (κ2) is 14.6. The molecule has 5 heterocycles. The van der Waals surface area contributed by atoms with Gasteiger partial charge in [0.15, 0.2) is 23.9 Å². The number of carboxylic acids is 2. The van der Waals surface area contributed by atoms with E-state index in [0.717, 1.165) is 23.4 Å². The minimum absolute atomic E-state index is 0.0264. The van der Waals surface area contributed by atoms with Crippen LogP contribution in [0.15, 0.2) is 36.2 Å². The molecule has 3 aliphatic rings. The monoisotopic (exact) mass is 790 g/mol. The first-order valence-corrected chi connectivity index (χ1v) is 18.5. The number of nitrogen functional groups attached to an aromatic ring is 1. The third kappa shape index (κ3) is 8.53. The van der Waals surface area contributed by atoms with E-state index in [9.17, 15) is 68.4 Å². The van der Waals surface area contributed by atoms with Crippen molar-refractivity contribution in [2.24, 2.45) is 0 Å². The number of phosphoric acid groups is 3. The average Bonchev–Trinajstić information content (AvgIpc) is 3.67. The Morgan fingerprint density at radius 2 is 1.49 bits per heavy atom. The molecule has 0 spiro atoms. The second-order valence-corrected chi connectivity index (χ2v) is 15.0. The number of aliphatic hydroxyl groups is 3. The summed E-state index contributed by atoms with van der Waals surface area (Å²) < 4.78 is 67.0. The van der Waals surface area contributed by atoms with Crippen LogP contribution in [0.25, 0.3) is 11.2 Å². The molecule has 10 atom stereocenters. The Morgan fingerprint density at radius 1 is 0.882 bits per heavy atom. The number of rotatable bonds is 14. The van der Waals surface area contributed by atoms with Gasteiger partial charge in [-0.15, -0.1) is 0 Å². The van der Waals surface area contributed by atoms with Crippen molar-refractivity contribution in [1.29, 1.82) is 0 Å². The highest BCUT2D eigenvalue weighted by molar-refractivity contribution is 7.61. The fraction of sp³-hybridized carbons (Fsp3) is 0.500. The molecule has 2 unspecified atom stereocenters. The summed E-state index contributed by atoms with van der Waals surface area (Å²) in [6, 6.07) is 0. The molecule has 29 heteroatoms. The quantitative estimate of drug-likeness (QED) is 0.0883. The zero-order valence-corrected chi connectivity index (χ0v) is 27.9. The first-order valence-electron chi connectivity index (χ1n) is 14.0. The van der Waals surface area contributed by atoms with Gasteiger partial charge in [0.1, 0.15) is 54.2 Å². The molecule has 282 valence electrons. The van der Waals surface area contributed by atoms with E-state index >= 15 is 0 Å². The second-order valence-electron chi connectivity index (χ2n) is 10.8. The van der Waals surface area contributed by atoms with Crippen LogP contribution in [0.2, 0.25) is 0 Å². The number of anilines is 1. The predicted molar refractivity (Wildman–Crippen MR) is 158 cm³/mol. The summed E-state index contributed by atoms with van der Waals surface area (Å²) in [5, 5.41) is 50.6. The van der Waals surface area contributed by atoms with E-state index in [2.05, 4.69) is 32.8 Å². The summed E-state index contributed by atoms with van der Waals surface area (Å²) in [5.41, 5.74) is 4.39. The molecule has 2 aromatic rings. The molecule has 11 N–H and O–H groups in total. The molecule has 2 aromatic heterocycles. The van der Waals surface area contributed by atoms with E-state index in [4.69, 9.17) is 15.2 Å². The van der Waals surface area contributed by atoms with Gasteiger partial charge >= 0.3 is 35.4 Å². The summed E-state index contributed by atoms with van der Waals surface area (Å²) in [7, 11) is -16.5. The Kier molecular flexibility index (Phi) is 11.2. The van der Waals surface area contributed by atoms with Gasteiger partial charge in [-0.05, 0) is 0 Å². The van der Waals surface area contributed by atoms with Crippen molar-refractivity contribution in [3.63, 3.8) is 0 Å². The number of hydrogen-bond donors (Lipinski definition) is 10. The standard InChI is InChI=1S/C22H29N6O20P3/c23-17-11-18(25-6-24-17)28(7-26-11)20-16(47-49(36,37)38)14(30)10(46-20)5-44-51(41,42)48-50(39,40)43-4-9-13(29)15(31)19(45-9)27-3-1-2-8(21(32)33)12(27)22(34)35/h1,3,6-7,9-10,13-16,19-20,29-31H,2,4-5H2,(H,32,33)(H,34,35)(H,39,40)(H,41,42)(H2,23,24,25)(H2,36,37,38)/t9-,10-,13-,14-,15-,16-,19-,20-/m1/s1. The SMILES string of the molecule is Nc1ncnc2c1ncn2[C@@H]1O[C@H](COP(=O)(O)OP(=O)(O)OC[C@H]2O[C@@H](N3C=CCC(C(=O)O)=C3C(=O)O)[C@H](O)[C@@H]2O)[C@@H](O)[C@H]1OP(=O)(O)O. The lowest BCUT2D eigenvalue weighted by Crippen LogP contribution is -2.44. The molecule has 0 bridgehead atoms. The van der Waals surface area contributed by atoms with Gasteiger partial charge in [-0.25, -0.2) is 38.2 Å². The Morgan fingerprint density at radius 3 is 2.08 bits per heavy atom. The number of imidazole rings is 1. The van der Waals surface area contributed by atoms with Gasteiger partial charge < -0.3 is 65.2 Å². The molecule has 0 amide bonds. The van der Waals surface area contributed by atoms with Gasteiger partial charge in [-0.3, -0.25) is 18.1 Å². The van der Waals surface area contributed by atoms with Crippen LogP contribution >= 0.6 is 23.5 Å². The highest BCUT2D eigenvalue weighted by atomic mass is 31.3. The normalized spacial score (nSPS) is 30.8. The molecule has 2 saturated heterocycles. The number of ether oxygens (including phenoxy) is 2. The Hall–Kier alpha value is -3.26. The molecule has 0 saturated carbocycles. The van der Waals surface area contributed by atoms with E-state index in [0.29, 0.717) is 4.90 Å². The fourth-order valence-corrected chi connectivity index (χ4v) is 7.91. The van der Waals surface area contributed by atoms with Crippen molar-refractivity contribution in [1.82, 2.24) is 24.4 Å². The third-order valence-electron chi connectivity index (χ3n) is 7.45. The maximum Gasteiger partial charge on any atom is 0.481 e. The van der Waals surface area contributed by atoms with Gasteiger partial charge in [0, 0.05) is 12.6 Å². The van der Waals surface area contributed by atoms with Crippen LogP contribution in [-0.4, -0.2) is 138 Å². The molecule has 0 aliphatic carbocycles. The number of nitrogens with zero attached hydrogens (tertiary/aromatic N) is 5. The minimum Gasteiger partial charge on any atom is -0.478 e. The summed E-state index contributed by atoms with van der Waals surface area (Å²) in [6.45, 7) is -2.26. The molecule has 0 aromatic carbocycles. The maximum atomic E-state index is 12.6. The maximum absolute atomic E-state index is 12.6. The van der Waals surface area contributed by atoms with Gasteiger partial charge in [0.25, 0.3) is 0 Å². The summed E-state index contributed by atoms with van der Waals surface area (Å²) >= 11 is 0. The van der Waals surface area contributed by atoms with Crippen molar-refractivity contribution >= 4 is 52.4 Å². The number of aromatic nitrogens is 4. The number of aliphatic carboxylic acids is 2. The predicted octanol–water partition coefficient (Wildman–Crippen LogP) is -2.52. The van der Waals surface area contributed by atoms with Crippen LogP contribution in [0, 0.1) is 0 Å². The molecule has 0 radical (unpaired) electrons. The van der Waals surface area contributed by atoms with Crippen molar-refractivity contribution in [3.8, 4) is 0 Å². The number of hydrogen-bond acceptors (Lipinski definition) is 19. The number of fused-ring (bicyclic) bond motifs is 1. The zero-order chi connectivity index (χ0) is 37.6. The molecule has 2 fully saturated rings. The lowest BCUT2D eigenvalue weighted by atomic mass is 10.0. The lowest BCUT2D eigenvalue weighted by Gasteiger charge is -2.32. The van der Waals surface area contributed by atoms with Crippen LogP contribution in [0.1, 0.15) is 12.6 Å². The van der Waals surface area contributed by atoms with Gasteiger partial charge in [-0.2, -0.15) is 4.31 Å². The first kappa shape index (κ1) is 39.0. The number of allylic oxidation sites excluding steroid dienone is 1. The Labute approximate surface area is 283 Å². The van der Waals surface area contributed by atoms with E-state index < -0.39 is 109 Å². The lowest BCUT2D eigenvalue weighted by molar-refractivity contribution is -0.140. The van der Waals surface area contributed by atoms with E-state index in [1.165, 1.54) is 6.08 Å². The fourth-order valence-electron chi connectivity index (χ4n) is 5.27. The van der Waals surface area contributed by atoms with Gasteiger partial charge in [0.2, 0.25) is 0 Å². The first-order chi connectivity index (χ1) is 23.7. The van der Waals surface area contributed by atoms with Crippen molar-refractivity contribution < 1.29 is 95.7 Å². The molecule has 3 aliphatic heterocycles. The topological polar surface area (TPSA) is 396 Å². The third-order valence-corrected chi connectivity index (χ3v) is 10.6. The van der Waals surface area contributed by atoms with Crippen LogP contribution in [0.4, 0.5) is 5.82 Å². The highest BCUT2D eigenvalue weighted by Crippen LogP contribution is 2.61. The van der Waals surface area contributed by atoms with E-state index in [1.807, 2.05) is 0 Å². The van der Waals surface area contributed by atoms with E-state index in [1.54, 1.807) is 0 Å². The van der Waals surface area contributed by atoms with Crippen LogP contribution in [0.5, 0.6) is 0 Å². The zero-order valence-electron chi connectivity index (χ0n) is 25.2. The van der Waals surface area contributed by atoms with Gasteiger partial charge in [0.05, 0.1) is 25.1 Å². The molecular weight excluding hydrogens is 761 g/mol. The molecular formula is C22H29N6O20P3. The largest absolute Gasteiger partial charge is 0.481 e. The van der Waals surface area contributed by atoms with Crippen LogP contribution in [-0.2, 0) is 50.6 Å². The summed E-state index contributed by atoms with van der Waals surface area (Å²) in [6.07, 6.45) is -10.4. The number of aliphatic hydroxyl groups excluding tert-OH is 3. The smallest absolute Gasteiger partial charge is 0.478 e.